The number of carbonyl (C=O) groups excluding carboxylic acids is 2. The number of carbonyl (C=O) groups is 2. The highest BCUT2D eigenvalue weighted by molar-refractivity contribution is 7.10. The highest BCUT2D eigenvalue weighted by Gasteiger charge is 2.47. The molecule has 0 radical (unpaired) electrons. The van der Waals surface area contributed by atoms with E-state index in [1.54, 1.807) is 42.5 Å². The summed E-state index contributed by atoms with van der Waals surface area (Å²) in [6, 6.07) is 24.6. The minimum Gasteiger partial charge on any atom is -0.507 e. The molecule has 1 N–H and O–H groups in total. The van der Waals surface area contributed by atoms with E-state index in [9.17, 15) is 14.7 Å². The second kappa shape index (κ2) is 9.72. The predicted octanol–water partition coefficient (Wildman–Crippen LogP) is 6.00. The van der Waals surface area contributed by atoms with Gasteiger partial charge in [0.2, 0.25) is 0 Å². The maximum atomic E-state index is 13.4. The molecule has 8 heteroatoms. The van der Waals surface area contributed by atoms with E-state index in [4.69, 9.17) is 9.47 Å². The molecule has 1 aromatic heterocycles. The molecule has 2 aliphatic rings. The number of hydrogen-bond acceptors (Lipinski definition) is 7. The van der Waals surface area contributed by atoms with E-state index >= 15 is 0 Å². The summed E-state index contributed by atoms with van der Waals surface area (Å²) >= 11 is 1.42. The number of ether oxygens (including phenoxy) is 2. The van der Waals surface area contributed by atoms with Crippen molar-refractivity contribution >= 4 is 40.2 Å². The lowest BCUT2D eigenvalue weighted by Crippen LogP contribution is -2.29. The quantitative estimate of drug-likeness (QED) is 0.196. The summed E-state index contributed by atoms with van der Waals surface area (Å²) in [6.45, 7) is 1.29. The van der Waals surface area contributed by atoms with Crippen molar-refractivity contribution in [1.82, 2.24) is 0 Å². The van der Waals surface area contributed by atoms with Crippen molar-refractivity contribution in [2.24, 2.45) is 0 Å². The molecule has 1 amide bonds. The summed E-state index contributed by atoms with van der Waals surface area (Å²) in [6.07, 6.45) is 0. The first-order chi connectivity index (χ1) is 18.5. The fourth-order valence-corrected chi connectivity index (χ4v) is 5.59. The lowest BCUT2D eigenvalue weighted by Gasteiger charge is -2.28. The first kappa shape index (κ1) is 23.8. The molecule has 1 atom stereocenters. The monoisotopic (exact) mass is 524 g/mol. The van der Waals surface area contributed by atoms with Crippen LogP contribution in [0.5, 0.6) is 17.2 Å². The van der Waals surface area contributed by atoms with E-state index in [1.807, 2.05) is 59.8 Å². The fourth-order valence-electron chi connectivity index (χ4n) is 4.77. The van der Waals surface area contributed by atoms with Crippen LogP contribution >= 0.6 is 11.3 Å². The third-order valence-corrected chi connectivity index (χ3v) is 7.60. The van der Waals surface area contributed by atoms with E-state index in [0.29, 0.717) is 41.7 Å². The minimum absolute atomic E-state index is 0.0568. The Hall–Kier alpha value is -4.56. The normalized spacial score (nSPS) is 18.3. The highest BCUT2D eigenvalue weighted by atomic mass is 32.1. The minimum atomic E-state index is -0.763. The van der Waals surface area contributed by atoms with Gasteiger partial charge in [-0.25, -0.2) is 0 Å². The van der Waals surface area contributed by atoms with Crippen LogP contribution in [0.3, 0.4) is 0 Å². The molecule has 7 nitrogen and oxygen atoms in total. The zero-order valence-corrected chi connectivity index (χ0v) is 21.4. The van der Waals surface area contributed by atoms with Gasteiger partial charge in [0.05, 0.1) is 17.8 Å². The number of nitrogens with zero attached hydrogens (tertiary/aromatic N) is 2. The van der Waals surface area contributed by atoms with Crippen molar-refractivity contribution in [3.8, 4) is 17.2 Å². The van der Waals surface area contributed by atoms with Crippen LogP contribution in [0.2, 0.25) is 0 Å². The Morgan fingerprint density at radius 3 is 2.47 bits per heavy atom. The van der Waals surface area contributed by atoms with Crippen molar-refractivity contribution in [1.29, 1.82) is 0 Å². The van der Waals surface area contributed by atoms with E-state index in [2.05, 4.69) is 0 Å². The zero-order chi connectivity index (χ0) is 26.2. The van der Waals surface area contributed by atoms with E-state index in [0.717, 1.165) is 10.6 Å². The third-order valence-electron chi connectivity index (χ3n) is 6.68. The van der Waals surface area contributed by atoms with Crippen molar-refractivity contribution in [2.45, 2.75) is 6.04 Å². The molecule has 0 spiro atoms. The molecule has 3 aromatic carbocycles. The predicted molar refractivity (Wildman–Crippen MR) is 147 cm³/mol. The molecule has 0 aliphatic carbocycles. The Kier molecular flexibility index (Phi) is 6.09. The summed E-state index contributed by atoms with van der Waals surface area (Å²) in [4.78, 5) is 31.0. The largest absolute Gasteiger partial charge is 0.507 e. The summed E-state index contributed by atoms with van der Waals surface area (Å²) in [5.41, 5.74) is 1.86. The molecule has 6 rings (SSSR count). The van der Waals surface area contributed by atoms with Crippen LogP contribution in [0.15, 0.2) is 95.9 Å². The number of Topliss-reactive ketones (excluding diaryl/α,β-unsaturated/α-hetero) is 1. The number of ketones is 1. The van der Waals surface area contributed by atoms with Gasteiger partial charge < -0.3 is 19.5 Å². The van der Waals surface area contributed by atoms with Crippen LogP contribution in [-0.4, -0.2) is 37.0 Å². The molecule has 1 fully saturated rings. The molecule has 3 heterocycles. The van der Waals surface area contributed by atoms with Crippen LogP contribution in [-0.2, 0) is 9.59 Å². The lowest BCUT2D eigenvalue weighted by molar-refractivity contribution is -0.132. The molecule has 0 bridgehead atoms. The van der Waals surface area contributed by atoms with Crippen LogP contribution < -0.4 is 19.3 Å². The number of rotatable bonds is 5. The van der Waals surface area contributed by atoms with Crippen molar-refractivity contribution in [3.05, 3.63) is 106 Å². The van der Waals surface area contributed by atoms with Gasteiger partial charge in [0.1, 0.15) is 35.7 Å². The van der Waals surface area contributed by atoms with Crippen LogP contribution in [0.4, 0.5) is 11.4 Å². The Morgan fingerprint density at radius 1 is 0.974 bits per heavy atom. The molecular weight excluding hydrogens is 500 g/mol. The Labute approximate surface area is 223 Å². The van der Waals surface area contributed by atoms with E-state index in [1.165, 1.54) is 16.2 Å². The van der Waals surface area contributed by atoms with Crippen molar-refractivity contribution in [2.75, 3.05) is 30.0 Å². The molecule has 0 saturated carbocycles. The number of amides is 1. The Morgan fingerprint density at radius 2 is 1.74 bits per heavy atom. The second-order valence-corrected chi connectivity index (χ2v) is 10.0. The van der Waals surface area contributed by atoms with E-state index in [-0.39, 0.29) is 11.3 Å². The lowest BCUT2D eigenvalue weighted by atomic mass is 9.99. The van der Waals surface area contributed by atoms with Crippen LogP contribution in [0.1, 0.15) is 16.5 Å². The van der Waals surface area contributed by atoms with Crippen LogP contribution in [0.25, 0.3) is 5.76 Å². The van der Waals surface area contributed by atoms with Gasteiger partial charge in [-0.05, 0) is 66.0 Å². The number of aliphatic hydroxyl groups excluding tert-OH is 1. The van der Waals surface area contributed by atoms with Gasteiger partial charge in [-0.3, -0.25) is 14.5 Å². The Balaban J connectivity index is 1.40. The average molecular weight is 525 g/mol. The molecule has 2 aliphatic heterocycles. The zero-order valence-electron chi connectivity index (χ0n) is 20.5. The number of anilines is 2. The number of likely N-dealkylation sites (N-methyl/N-ethyl adjacent to an activating group) is 1. The number of thiophene rings is 1. The van der Waals surface area contributed by atoms with Gasteiger partial charge >= 0.3 is 0 Å². The fraction of sp³-hybridized carbons (Fsp3) is 0.133. The smallest absolute Gasteiger partial charge is 0.300 e. The third kappa shape index (κ3) is 4.18. The van der Waals surface area contributed by atoms with Gasteiger partial charge in [-0.1, -0.05) is 24.3 Å². The van der Waals surface area contributed by atoms with Gasteiger partial charge in [0.15, 0.2) is 0 Å². The number of para-hydroxylation sites is 1. The second-order valence-electron chi connectivity index (χ2n) is 9.05. The van der Waals surface area contributed by atoms with Gasteiger partial charge in [0, 0.05) is 23.2 Å². The first-order valence-corrected chi connectivity index (χ1v) is 13.0. The molecular formula is C30H24N2O5S. The van der Waals surface area contributed by atoms with Crippen molar-refractivity contribution in [3.63, 3.8) is 0 Å². The standard InChI is InChI=1S/C30H24N2O5S/c1-31-15-16-36-24-14-9-19(18-23(24)31)28(33)26-27(25-8-5-17-38-25)32(30(35)29(26)34)20-10-12-22(13-11-20)37-21-6-3-2-4-7-21/h2-14,17-18,27,33H,15-16H2,1H3/b28-26-. The SMILES string of the molecule is CN1CCOc2ccc(/C(O)=C3/C(=O)C(=O)N(c4ccc(Oc5ccccc5)cc4)C3c3cccs3)cc21. The summed E-state index contributed by atoms with van der Waals surface area (Å²) in [5, 5.41) is 13.3. The van der Waals surface area contributed by atoms with Gasteiger partial charge in [-0.15, -0.1) is 11.3 Å². The molecule has 1 unspecified atom stereocenters. The first-order valence-electron chi connectivity index (χ1n) is 12.2. The molecule has 4 aromatic rings. The molecule has 1 saturated heterocycles. The number of hydrogen-bond donors (Lipinski definition) is 1. The topological polar surface area (TPSA) is 79.3 Å². The maximum absolute atomic E-state index is 13.4. The van der Waals surface area contributed by atoms with E-state index < -0.39 is 17.7 Å². The van der Waals surface area contributed by atoms with Crippen molar-refractivity contribution < 1.29 is 24.2 Å². The number of benzene rings is 3. The van der Waals surface area contributed by atoms with Gasteiger partial charge in [0.25, 0.3) is 11.7 Å². The summed E-state index contributed by atoms with van der Waals surface area (Å²) in [5.74, 6) is 0.372. The molecule has 38 heavy (non-hydrogen) atoms. The summed E-state index contributed by atoms with van der Waals surface area (Å²) < 4.78 is 11.6. The number of aliphatic hydroxyl groups is 1. The Bertz CT molecular complexity index is 1530. The summed E-state index contributed by atoms with van der Waals surface area (Å²) in [7, 11) is 1.95. The average Bonchev–Trinajstić information content (AvgIpc) is 3.56. The maximum Gasteiger partial charge on any atom is 0.300 e. The highest BCUT2D eigenvalue weighted by Crippen LogP contribution is 2.44. The number of fused-ring (bicyclic) bond motifs is 1. The molecule has 190 valence electrons. The van der Waals surface area contributed by atoms with Crippen LogP contribution in [0, 0.1) is 0 Å². The van der Waals surface area contributed by atoms with Gasteiger partial charge in [-0.2, -0.15) is 0 Å².